The fraction of sp³-hybridized carbons (Fsp3) is 0.263. The number of nitrogens with zero attached hydrogens (tertiary/aromatic N) is 2. The molecule has 0 unspecified atom stereocenters. The molecule has 122 valence electrons. The van der Waals surface area contributed by atoms with E-state index in [1.54, 1.807) is 23.3 Å². The standard InChI is InChI=1S/C19H18N2O2S/c1-11-4-5-13(10-12(11)2)21(3)19(22)17-15-6-7-16-14(8-9-24-16)18(15)23-20-17/h4-5,8-10H,6-7H2,1-3H3. The molecular formula is C19H18N2O2S. The van der Waals surface area contributed by atoms with Gasteiger partial charge in [-0.05, 0) is 61.4 Å². The van der Waals surface area contributed by atoms with Gasteiger partial charge in [-0.25, -0.2) is 0 Å². The van der Waals surface area contributed by atoms with E-state index < -0.39 is 0 Å². The number of fused-ring (bicyclic) bond motifs is 3. The maximum absolute atomic E-state index is 12.9. The zero-order valence-electron chi connectivity index (χ0n) is 13.9. The quantitative estimate of drug-likeness (QED) is 0.696. The molecule has 0 fully saturated rings. The second-order valence-electron chi connectivity index (χ2n) is 6.23. The normalized spacial score (nSPS) is 12.6. The summed E-state index contributed by atoms with van der Waals surface area (Å²) in [4.78, 5) is 15.9. The Hall–Kier alpha value is -2.40. The van der Waals surface area contributed by atoms with E-state index in [4.69, 9.17) is 4.52 Å². The number of aryl methyl sites for hydroxylation is 3. The Labute approximate surface area is 144 Å². The highest BCUT2D eigenvalue weighted by Crippen LogP contribution is 2.38. The Bertz CT molecular complexity index is 939. The minimum Gasteiger partial charge on any atom is -0.355 e. The zero-order chi connectivity index (χ0) is 16.8. The SMILES string of the molecule is Cc1ccc(N(C)C(=O)c2noc3c2CCc2sccc2-3)cc1C. The molecule has 4 rings (SSSR count). The summed E-state index contributed by atoms with van der Waals surface area (Å²) in [5, 5.41) is 6.16. The van der Waals surface area contributed by atoms with E-state index in [0.29, 0.717) is 5.69 Å². The monoisotopic (exact) mass is 338 g/mol. The summed E-state index contributed by atoms with van der Waals surface area (Å²) in [5.74, 6) is 0.635. The van der Waals surface area contributed by atoms with Gasteiger partial charge in [0, 0.05) is 28.7 Å². The molecule has 0 radical (unpaired) electrons. The molecule has 3 aromatic rings. The molecule has 1 aromatic carbocycles. The van der Waals surface area contributed by atoms with Crippen LogP contribution in [0.5, 0.6) is 0 Å². The first kappa shape index (κ1) is 15.1. The Balaban J connectivity index is 1.70. The molecule has 1 amide bonds. The number of amides is 1. The number of benzene rings is 1. The van der Waals surface area contributed by atoms with Gasteiger partial charge in [-0.2, -0.15) is 0 Å². The highest BCUT2D eigenvalue weighted by atomic mass is 32.1. The third-order valence-corrected chi connectivity index (χ3v) is 5.75. The molecule has 0 N–H and O–H groups in total. The van der Waals surface area contributed by atoms with Crippen LogP contribution in [-0.4, -0.2) is 18.1 Å². The van der Waals surface area contributed by atoms with Crippen LogP contribution in [0.1, 0.15) is 32.1 Å². The molecule has 0 atom stereocenters. The lowest BCUT2D eigenvalue weighted by Gasteiger charge is -2.18. The molecule has 0 saturated heterocycles. The molecule has 0 bridgehead atoms. The average molecular weight is 338 g/mol. The van der Waals surface area contributed by atoms with Crippen molar-refractivity contribution in [2.45, 2.75) is 26.7 Å². The summed E-state index contributed by atoms with van der Waals surface area (Å²) in [5.41, 5.74) is 5.69. The van der Waals surface area contributed by atoms with Gasteiger partial charge in [-0.1, -0.05) is 11.2 Å². The Morgan fingerprint density at radius 1 is 1.21 bits per heavy atom. The third-order valence-electron chi connectivity index (χ3n) is 4.77. The number of rotatable bonds is 2. The first-order chi connectivity index (χ1) is 11.6. The molecule has 0 spiro atoms. The molecule has 1 aliphatic rings. The van der Waals surface area contributed by atoms with Crippen LogP contribution in [0.4, 0.5) is 5.69 Å². The van der Waals surface area contributed by atoms with E-state index in [1.165, 1.54) is 10.4 Å². The zero-order valence-corrected chi connectivity index (χ0v) is 14.7. The lowest BCUT2D eigenvalue weighted by molar-refractivity contribution is 0.0983. The Morgan fingerprint density at radius 3 is 2.83 bits per heavy atom. The number of hydrogen-bond acceptors (Lipinski definition) is 4. The van der Waals surface area contributed by atoms with Crippen molar-refractivity contribution >= 4 is 22.9 Å². The van der Waals surface area contributed by atoms with Crippen LogP contribution in [0.3, 0.4) is 0 Å². The number of carbonyl (C=O) groups excluding carboxylic acids is 1. The number of hydrogen-bond donors (Lipinski definition) is 0. The van der Waals surface area contributed by atoms with Crippen LogP contribution in [0.15, 0.2) is 34.2 Å². The number of anilines is 1. The van der Waals surface area contributed by atoms with E-state index in [1.807, 2.05) is 31.2 Å². The fourth-order valence-corrected chi connectivity index (χ4v) is 3.98. The second kappa shape index (κ2) is 5.60. The molecular weight excluding hydrogens is 320 g/mol. The summed E-state index contributed by atoms with van der Waals surface area (Å²) in [6.45, 7) is 4.11. The number of aromatic nitrogens is 1. The van der Waals surface area contributed by atoms with Crippen LogP contribution in [0.2, 0.25) is 0 Å². The van der Waals surface area contributed by atoms with Crippen LogP contribution in [-0.2, 0) is 12.8 Å². The highest BCUT2D eigenvalue weighted by Gasteiger charge is 2.30. The van der Waals surface area contributed by atoms with Crippen molar-refractivity contribution in [2.24, 2.45) is 0 Å². The van der Waals surface area contributed by atoms with Crippen molar-refractivity contribution < 1.29 is 9.32 Å². The molecule has 0 saturated carbocycles. The van der Waals surface area contributed by atoms with Crippen molar-refractivity contribution in [2.75, 3.05) is 11.9 Å². The highest BCUT2D eigenvalue weighted by molar-refractivity contribution is 7.10. The molecule has 1 aliphatic carbocycles. The van der Waals surface area contributed by atoms with Crippen LogP contribution >= 0.6 is 11.3 Å². The predicted octanol–water partition coefficient (Wildman–Crippen LogP) is 4.40. The van der Waals surface area contributed by atoms with Crippen molar-refractivity contribution in [3.63, 3.8) is 0 Å². The maximum Gasteiger partial charge on any atom is 0.280 e. The summed E-state index contributed by atoms with van der Waals surface area (Å²) in [6.07, 6.45) is 1.74. The molecule has 5 heteroatoms. The van der Waals surface area contributed by atoms with Crippen molar-refractivity contribution in [3.8, 4) is 11.3 Å². The van der Waals surface area contributed by atoms with Crippen molar-refractivity contribution in [1.82, 2.24) is 5.16 Å². The van der Waals surface area contributed by atoms with Gasteiger partial charge in [0.2, 0.25) is 0 Å². The van der Waals surface area contributed by atoms with Gasteiger partial charge in [0.1, 0.15) is 0 Å². The average Bonchev–Trinajstić information content (AvgIpc) is 3.21. The van der Waals surface area contributed by atoms with Crippen LogP contribution in [0, 0.1) is 13.8 Å². The summed E-state index contributed by atoms with van der Waals surface area (Å²) < 4.78 is 5.53. The van der Waals surface area contributed by atoms with Gasteiger partial charge in [0.05, 0.1) is 0 Å². The Morgan fingerprint density at radius 2 is 2.04 bits per heavy atom. The van der Waals surface area contributed by atoms with Crippen molar-refractivity contribution in [1.29, 1.82) is 0 Å². The largest absolute Gasteiger partial charge is 0.355 e. The van der Waals surface area contributed by atoms with Crippen LogP contribution < -0.4 is 4.90 Å². The van der Waals surface area contributed by atoms with E-state index in [-0.39, 0.29) is 5.91 Å². The minimum atomic E-state index is -0.123. The van der Waals surface area contributed by atoms with Crippen LogP contribution in [0.25, 0.3) is 11.3 Å². The van der Waals surface area contributed by atoms with Gasteiger partial charge in [-0.3, -0.25) is 4.79 Å². The lowest BCUT2D eigenvalue weighted by Crippen LogP contribution is -2.27. The third kappa shape index (κ3) is 2.27. The fourth-order valence-electron chi connectivity index (χ4n) is 3.11. The first-order valence-corrected chi connectivity index (χ1v) is 8.85. The van der Waals surface area contributed by atoms with E-state index in [2.05, 4.69) is 17.5 Å². The molecule has 2 heterocycles. The predicted molar refractivity (Wildman–Crippen MR) is 95.9 cm³/mol. The lowest BCUT2D eigenvalue weighted by atomic mass is 9.95. The smallest absolute Gasteiger partial charge is 0.280 e. The summed E-state index contributed by atoms with van der Waals surface area (Å²) in [6, 6.07) is 8.06. The maximum atomic E-state index is 12.9. The number of thiophene rings is 1. The van der Waals surface area contributed by atoms with E-state index in [9.17, 15) is 4.79 Å². The van der Waals surface area contributed by atoms with E-state index in [0.717, 1.165) is 41.0 Å². The van der Waals surface area contributed by atoms with Gasteiger partial charge in [0.15, 0.2) is 11.5 Å². The minimum absolute atomic E-state index is 0.123. The van der Waals surface area contributed by atoms with Gasteiger partial charge < -0.3 is 9.42 Å². The topological polar surface area (TPSA) is 46.3 Å². The van der Waals surface area contributed by atoms with Gasteiger partial charge >= 0.3 is 0 Å². The Kier molecular flexibility index (Phi) is 3.53. The molecule has 24 heavy (non-hydrogen) atoms. The number of carbonyl (C=O) groups is 1. The summed E-state index contributed by atoms with van der Waals surface area (Å²) >= 11 is 1.73. The first-order valence-electron chi connectivity index (χ1n) is 7.97. The second-order valence-corrected chi connectivity index (χ2v) is 7.23. The molecule has 2 aromatic heterocycles. The van der Waals surface area contributed by atoms with E-state index >= 15 is 0 Å². The van der Waals surface area contributed by atoms with Gasteiger partial charge in [-0.15, -0.1) is 11.3 Å². The molecule has 4 nitrogen and oxygen atoms in total. The molecule has 0 aliphatic heterocycles. The van der Waals surface area contributed by atoms with Crippen molar-refractivity contribution in [3.05, 3.63) is 56.9 Å². The van der Waals surface area contributed by atoms with Gasteiger partial charge in [0.25, 0.3) is 5.91 Å². The summed E-state index contributed by atoms with van der Waals surface area (Å²) in [7, 11) is 1.78.